The molecule has 4 nitrogen and oxygen atoms in total. The van der Waals surface area contributed by atoms with E-state index in [9.17, 15) is 9.59 Å². The van der Waals surface area contributed by atoms with E-state index in [1.165, 1.54) is 10.4 Å². The number of hydrogen-bond acceptors (Lipinski definition) is 3. The molecule has 0 aromatic carbocycles. The number of carbonyl (C=O) groups is 2. The molecule has 0 fully saturated rings. The van der Waals surface area contributed by atoms with Gasteiger partial charge in [-0.1, -0.05) is 0 Å². The van der Waals surface area contributed by atoms with E-state index < -0.39 is 11.4 Å². The Kier molecular flexibility index (Phi) is 4.51. The molecule has 0 saturated carbocycles. The standard InChI is InChI=1S/C13H19NO3S/c1-8-5-10(18-9(8)2)7-14-11(15)6-13(3,4)12(16)17/h5H,6-7H2,1-4H3,(H,14,15)(H,16,17). The zero-order valence-electron chi connectivity index (χ0n) is 11.2. The minimum atomic E-state index is -1.02. The first-order valence-corrected chi connectivity index (χ1v) is 6.60. The molecule has 1 heterocycles. The van der Waals surface area contributed by atoms with Gasteiger partial charge < -0.3 is 10.4 Å². The molecule has 0 radical (unpaired) electrons. The normalized spacial score (nSPS) is 11.3. The number of amides is 1. The SMILES string of the molecule is Cc1cc(CNC(=O)CC(C)(C)C(=O)O)sc1C. The van der Waals surface area contributed by atoms with Crippen molar-refractivity contribution in [2.24, 2.45) is 5.41 Å². The van der Waals surface area contributed by atoms with Gasteiger partial charge in [0.15, 0.2) is 0 Å². The van der Waals surface area contributed by atoms with Gasteiger partial charge in [0.2, 0.25) is 5.91 Å². The van der Waals surface area contributed by atoms with Crippen LogP contribution in [-0.2, 0) is 16.1 Å². The molecule has 0 aliphatic rings. The van der Waals surface area contributed by atoms with E-state index in [1.54, 1.807) is 25.2 Å². The second-order valence-electron chi connectivity index (χ2n) is 5.09. The van der Waals surface area contributed by atoms with Gasteiger partial charge in [-0.05, 0) is 39.3 Å². The summed E-state index contributed by atoms with van der Waals surface area (Å²) in [6.45, 7) is 7.64. The third-order valence-corrected chi connectivity index (χ3v) is 4.01. The molecule has 1 aromatic rings. The number of carboxylic acids is 1. The molecule has 0 aliphatic heterocycles. The molecular formula is C13H19NO3S. The van der Waals surface area contributed by atoms with Gasteiger partial charge in [0.1, 0.15) is 0 Å². The lowest BCUT2D eigenvalue weighted by Gasteiger charge is -2.17. The molecule has 0 bridgehead atoms. The van der Waals surface area contributed by atoms with Crippen molar-refractivity contribution in [3.8, 4) is 0 Å². The molecule has 5 heteroatoms. The zero-order chi connectivity index (χ0) is 13.9. The predicted molar refractivity (Wildman–Crippen MR) is 71.7 cm³/mol. The van der Waals surface area contributed by atoms with Crippen LogP contribution < -0.4 is 5.32 Å². The fourth-order valence-corrected chi connectivity index (χ4v) is 2.46. The molecule has 0 atom stereocenters. The summed E-state index contributed by atoms with van der Waals surface area (Å²) in [5, 5.41) is 11.7. The fourth-order valence-electron chi connectivity index (χ4n) is 1.46. The minimum absolute atomic E-state index is 0.00826. The fraction of sp³-hybridized carbons (Fsp3) is 0.538. The van der Waals surface area contributed by atoms with Crippen molar-refractivity contribution in [1.29, 1.82) is 0 Å². The number of nitrogens with one attached hydrogen (secondary N) is 1. The first-order chi connectivity index (χ1) is 8.22. The van der Waals surface area contributed by atoms with Gasteiger partial charge in [-0.3, -0.25) is 9.59 Å². The monoisotopic (exact) mass is 269 g/mol. The quantitative estimate of drug-likeness (QED) is 0.863. The van der Waals surface area contributed by atoms with Gasteiger partial charge in [0, 0.05) is 16.2 Å². The summed E-state index contributed by atoms with van der Waals surface area (Å²) >= 11 is 1.65. The number of hydrogen-bond donors (Lipinski definition) is 2. The van der Waals surface area contributed by atoms with Crippen LogP contribution in [0.1, 0.15) is 35.6 Å². The Bertz CT molecular complexity index is 443. The number of rotatable bonds is 5. The van der Waals surface area contributed by atoms with Crippen LogP contribution in [0.3, 0.4) is 0 Å². The number of thiophene rings is 1. The van der Waals surface area contributed by atoms with Gasteiger partial charge in [-0.25, -0.2) is 0 Å². The first-order valence-electron chi connectivity index (χ1n) is 5.78. The van der Waals surface area contributed by atoms with E-state index in [0.29, 0.717) is 6.54 Å². The van der Waals surface area contributed by atoms with Crippen LogP contribution in [0, 0.1) is 19.3 Å². The smallest absolute Gasteiger partial charge is 0.309 e. The molecule has 18 heavy (non-hydrogen) atoms. The lowest BCUT2D eigenvalue weighted by Crippen LogP contribution is -2.32. The summed E-state index contributed by atoms with van der Waals surface area (Å²) in [5.74, 6) is -1.19. The Morgan fingerprint density at radius 3 is 2.44 bits per heavy atom. The first kappa shape index (κ1) is 14.7. The molecular weight excluding hydrogens is 250 g/mol. The van der Waals surface area contributed by atoms with E-state index in [-0.39, 0.29) is 12.3 Å². The number of carbonyl (C=O) groups excluding carboxylic acids is 1. The summed E-state index contributed by atoms with van der Waals surface area (Å²) < 4.78 is 0. The van der Waals surface area contributed by atoms with E-state index >= 15 is 0 Å². The van der Waals surface area contributed by atoms with Crippen LogP contribution in [0.25, 0.3) is 0 Å². The summed E-state index contributed by atoms with van der Waals surface area (Å²) in [6, 6.07) is 2.04. The molecule has 2 N–H and O–H groups in total. The van der Waals surface area contributed by atoms with E-state index in [1.807, 2.05) is 19.9 Å². The minimum Gasteiger partial charge on any atom is -0.481 e. The Hall–Kier alpha value is -1.36. The highest BCUT2D eigenvalue weighted by molar-refractivity contribution is 7.12. The molecule has 0 unspecified atom stereocenters. The lowest BCUT2D eigenvalue weighted by atomic mass is 9.89. The van der Waals surface area contributed by atoms with Gasteiger partial charge in [-0.2, -0.15) is 0 Å². The van der Waals surface area contributed by atoms with Gasteiger partial charge in [0.05, 0.1) is 12.0 Å². The Morgan fingerprint density at radius 1 is 1.39 bits per heavy atom. The van der Waals surface area contributed by atoms with Crippen molar-refractivity contribution in [1.82, 2.24) is 5.32 Å². The second-order valence-corrected chi connectivity index (χ2v) is 6.44. The van der Waals surface area contributed by atoms with Crippen LogP contribution in [0.15, 0.2) is 6.07 Å². The zero-order valence-corrected chi connectivity index (χ0v) is 12.0. The molecule has 100 valence electrons. The van der Waals surface area contributed by atoms with E-state index in [4.69, 9.17) is 5.11 Å². The maximum atomic E-state index is 11.7. The Labute approximate surface area is 111 Å². The summed E-state index contributed by atoms with van der Waals surface area (Å²) in [4.78, 5) is 24.9. The van der Waals surface area contributed by atoms with Crippen LogP contribution in [-0.4, -0.2) is 17.0 Å². The Morgan fingerprint density at radius 2 is 2.00 bits per heavy atom. The van der Waals surface area contributed by atoms with E-state index in [0.717, 1.165) is 4.88 Å². The van der Waals surface area contributed by atoms with Crippen molar-refractivity contribution in [3.05, 3.63) is 21.4 Å². The van der Waals surface area contributed by atoms with Crippen molar-refractivity contribution in [2.75, 3.05) is 0 Å². The third-order valence-electron chi connectivity index (χ3n) is 2.86. The van der Waals surface area contributed by atoms with Crippen molar-refractivity contribution in [3.63, 3.8) is 0 Å². The topological polar surface area (TPSA) is 66.4 Å². The number of aryl methyl sites for hydroxylation is 2. The second kappa shape index (κ2) is 5.52. The summed E-state index contributed by atoms with van der Waals surface area (Å²) in [5.41, 5.74) is 0.195. The van der Waals surface area contributed by atoms with Crippen molar-refractivity contribution in [2.45, 2.75) is 40.7 Å². The maximum absolute atomic E-state index is 11.7. The average Bonchev–Trinajstić information content (AvgIpc) is 2.55. The van der Waals surface area contributed by atoms with Crippen molar-refractivity contribution < 1.29 is 14.7 Å². The molecule has 0 spiro atoms. The van der Waals surface area contributed by atoms with Gasteiger partial charge in [0.25, 0.3) is 0 Å². The molecule has 1 rings (SSSR count). The maximum Gasteiger partial charge on any atom is 0.309 e. The summed E-state index contributed by atoms with van der Waals surface area (Å²) in [6.07, 6.45) is -0.00826. The van der Waals surface area contributed by atoms with Crippen LogP contribution in [0.2, 0.25) is 0 Å². The highest BCUT2D eigenvalue weighted by Gasteiger charge is 2.29. The van der Waals surface area contributed by atoms with Crippen molar-refractivity contribution >= 4 is 23.2 Å². The molecule has 1 aromatic heterocycles. The number of aliphatic carboxylic acids is 1. The van der Waals surface area contributed by atoms with Gasteiger partial charge in [-0.15, -0.1) is 11.3 Å². The summed E-state index contributed by atoms with van der Waals surface area (Å²) in [7, 11) is 0. The number of carboxylic acid groups (broad SMARTS) is 1. The highest BCUT2D eigenvalue weighted by Crippen LogP contribution is 2.22. The van der Waals surface area contributed by atoms with Crippen LogP contribution >= 0.6 is 11.3 Å². The highest BCUT2D eigenvalue weighted by atomic mass is 32.1. The third kappa shape index (κ3) is 3.84. The van der Waals surface area contributed by atoms with Crippen LogP contribution in [0.5, 0.6) is 0 Å². The molecule has 0 aliphatic carbocycles. The Balaban J connectivity index is 2.49. The average molecular weight is 269 g/mol. The van der Waals surface area contributed by atoms with Gasteiger partial charge >= 0.3 is 5.97 Å². The van der Waals surface area contributed by atoms with E-state index in [2.05, 4.69) is 5.32 Å². The predicted octanol–water partition coefficient (Wildman–Crippen LogP) is 2.48. The lowest BCUT2D eigenvalue weighted by molar-refractivity contribution is -0.149. The molecule has 1 amide bonds. The molecule has 0 saturated heterocycles. The largest absolute Gasteiger partial charge is 0.481 e. The van der Waals surface area contributed by atoms with Crippen LogP contribution in [0.4, 0.5) is 0 Å².